The fourth-order valence-corrected chi connectivity index (χ4v) is 3.03. The minimum absolute atomic E-state index is 0.859. The van der Waals surface area contributed by atoms with Gasteiger partial charge in [-0.05, 0) is 26.3 Å². The molecule has 0 radical (unpaired) electrons. The normalized spacial score (nSPS) is 10.6. The Hall–Kier alpha value is -1.69. The number of rotatable bonds is 2. The van der Waals surface area contributed by atoms with Crippen LogP contribution in [-0.4, -0.2) is 26.9 Å². The number of H-pyrrole nitrogens is 1. The lowest BCUT2D eigenvalue weighted by atomic mass is 10.1. The number of nitrogens with zero attached hydrogens (tertiary/aromatic N) is 3. The lowest BCUT2D eigenvalue weighted by molar-refractivity contribution is 1.01. The van der Waals surface area contributed by atoms with Crippen LogP contribution >= 0.6 is 11.3 Å². The molecule has 0 aliphatic carbocycles. The quantitative estimate of drug-likeness (QED) is 0.750. The second-order valence-electron chi connectivity index (χ2n) is 4.00. The van der Waals surface area contributed by atoms with Gasteiger partial charge in [0.15, 0.2) is 5.82 Å². The van der Waals surface area contributed by atoms with E-state index < -0.39 is 0 Å². The Bertz CT molecular complexity index is 698. The molecule has 0 saturated carbocycles. The number of aromatic nitrogens is 4. The van der Waals surface area contributed by atoms with Gasteiger partial charge < -0.3 is 5.32 Å². The molecule has 0 fully saturated rings. The van der Waals surface area contributed by atoms with Gasteiger partial charge in [0.1, 0.15) is 4.83 Å². The van der Waals surface area contributed by atoms with Gasteiger partial charge in [0.2, 0.25) is 0 Å². The first-order chi connectivity index (χ1) is 9.22. The molecule has 0 spiro atoms. The van der Waals surface area contributed by atoms with Crippen LogP contribution < -0.4 is 5.32 Å². The average molecular weight is 277 g/mol. The molecule has 5 nitrogen and oxygen atoms in total. The Morgan fingerprint density at radius 2 is 1.95 bits per heavy atom. The zero-order chi connectivity index (χ0) is 14.0. The molecule has 0 atom stereocenters. The second-order valence-corrected chi connectivity index (χ2v) is 5.00. The zero-order valence-corrected chi connectivity index (χ0v) is 12.8. The number of aromatic amines is 1. The first kappa shape index (κ1) is 13.7. The Morgan fingerprint density at radius 3 is 2.63 bits per heavy atom. The summed E-state index contributed by atoms with van der Waals surface area (Å²) in [4.78, 5) is 0.968. The van der Waals surface area contributed by atoms with Crippen LogP contribution in [0.1, 0.15) is 32.0 Å². The van der Waals surface area contributed by atoms with Crippen LogP contribution in [0.15, 0.2) is 0 Å². The van der Waals surface area contributed by atoms with Crippen molar-refractivity contribution in [3.05, 3.63) is 11.3 Å². The molecule has 19 heavy (non-hydrogen) atoms. The summed E-state index contributed by atoms with van der Waals surface area (Å²) in [6.45, 7) is 11.0. The predicted octanol–water partition coefficient (Wildman–Crippen LogP) is 3.64. The van der Waals surface area contributed by atoms with Gasteiger partial charge in [0, 0.05) is 11.9 Å². The lowest BCUT2D eigenvalue weighted by Crippen LogP contribution is -1.96. The van der Waals surface area contributed by atoms with E-state index in [9.17, 15) is 0 Å². The molecule has 3 aromatic rings. The summed E-state index contributed by atoms with van der Waals surface area (Å²) < 4.78 is 1.13. The van der Waals surface area contributed by atoms with Crippen molar-refractivity contribution >= 4 is 37.6 Å². The van der Waals surface area contributed by atoms with Gasteiger partial charge in [-0.1, -0.05) is 13.8 Å². The fourth-order valence-electron chi connectivity index (χ4n) is 1.94. The maximum absolute atomic E-state index is 4.29. The van der Waals surface area contributed by atoms with Crippen LogP contribution in [0.3, 0.4) is 0 Å². The Balaban J connectivity index is 0.000000637. The molecule has 3 rings (SSSR count). The molecule has 0 saturated heterocycles. The number of fused-ring (bicyclic) bond motifs is 3. The minimum Gasteiger partial charge on any atom is -0.368 e. The van der Waals surface area contributed by atoms with Gasteiger partial charge in [0.25, 0.3) is 0 Å². The van der Waals surface area contributed by atoms with E-state index in [4.69, 9.17) is 0 Å². The maximum atomic E-state index is 4.29. The maximum Gasteiger partial charge on any atom is 0.165 e. The highest BCUT2D eigenvalue weighted by atomic mass is 32.1. The molecule has 2 N–H and O–H groups in total. The molecule has 0 bridgehead atoms. The number of thiophene rings is 1. The third kappa shape index (κ3) is 2.16. The molecular weight excluding hydrogens is 258 g/mol. The van der Waals surface area contributed by atoms with Crippen LogP contribution in [0.4, 0.5) is 5.82 Å². The Kier molecular flexibility index (Phi) is 3.99. The number of aryl methyl sites for hydroxylation is 2. The van der Waals surface area contributed by atoms with E-state index in [1.54, 1.807) is 11.3 Å². The van der Waals surface area contributed by atoms with Crippen LogP contribution in [0, 0.1) is 13.8 Å². The molecular formula is C13H19N5S. The molecule has 0 amide bonds. The lowest BCUT2D eigenvalue weighted by Gasteiger charge is -1.97. The number of nitrogens with one attached hydrogen (secondary N) is 2. The molecule has 102 valence electrons. The van der Waals surface area contributed by atoms with Crippen molar-refractivity contribution in [1.29, 1.82) is 0 Å². The van der Waals surface area contributed by atoms with Crippen molar-refractivity contribution in [2.75, 3.05) is 11.9 Å². The van der Waals surface area contributed by atoms with E-state index in [1.807, 2.05) is 20.8 Å². The third-order valence-electron chi connectivity index (χ3n) is 2.94. The summed E-state index contributed by atoms with van der Waals surface area (Å²) in [6, 6.07) is 0. The fraction of sp³-hybridized carbons (Fsp3) is 0.462. The Morgan fingerprint density at radius 1 is 1.21 bits per heavy atom. The molecule has 6 heteroatoms. The van der Waals surface area contributed by atoms with E-state index in [0.717, 1.165) is 38.5 Å². The number of anilines is 1. The largest absolute Gasteiger partial charge is 0.368 e. The number of hydrogen-bond donors (Lipinski definition) is 2. The van der Waals surface area contributed by atoms with E-state index in [-0.39, 0.29) is 0 Å². The van der Waals surface area contributed by atoms with Crippen molar-refractivity contribution in [1.82, 2.24) is 20.4 Å². The summed E-state index contributed by atoms with van der Waals surface area (Å²) in [5.41, 5.74) is 3.21. The van der Waals surface area contributed by atoms with Gasteiger partial charge in [-0.3, -0.25) is 5.10 Å². The SMILES string of the molecule is CC.CCNc1n[nH]c2c1sc1nnc(C)c(C)c12. The van der Waals surface area contributed by atoms with Crippen LogP contribution in [0.25, 0.3) is 20.4 Å². The van der Waals surface area contributed by atoms with Crippen molar-refractivity contribution in [2.45, 2.75) is 34.6 Å². The molecule has 0 aromatic carbocycles. The summed E-state index contributed by atoms with van der Waals surface area (Å²) in [5, 5.41) is 20.2. The zero-order valence-electron chi connectivity index (χ0n) is 12.0. The van der Waals surface area contributed by atoms with Crippen LogP contribution in [-0.2, 0) is 0 Å². The summed E-state index contributed by atoms with van der Waals surface area (Å²) in [7, 11) is 0. The molecule has 0 aliphatic heterocycles. The second kappa shape index (κ2) is 5.52. The van der Waals surface area contributed by atoms with E-state index in [1.165, 1.54) is 5.56 Å². The molecule has 3 heterocycles. The molecule has 0 aliphatic rings. The summed E-state index contributed by atoms with van der Waals surface area (Å²) >= 11 is 1.63. The average Bonchev–Trinajstić information content (AvgIpc) is 2.97. The third-order valence-corrected chi connectivity index (χ3v) is 4.02. The smallest absolute Gasteiger partial charge is 0.165 e. The van der Waals surface area contributed by atoms with Crippen molar-refractivity contribution < 1.29 is 0 Å². The van der Waals surface area contributed by atoms with E-state index in [2.05, 4.69) is 39.6 Å². The van der Waals surface area contributed by atoms with Crippen LogP contribution in [0.2, 0.25) is 0 Å². The van der Waals surface area contributed by atoms with Crippen LogP contribution in [0.5, 0.6) is 0 Å². The van der Waals surface area contributed by atoms with Crippen molar-refractivity contribution in [2.24, 2.45) is 0 Å². The monoisotopic (exact) mass is 277 g/mol. The first-order valence-electron chi connectivity index (χ1n) is 6.56. The molecule has 0 unspecified atom stereocenters. The van der Waals surface area contributed by atoms with E-state index >= 15 is 0 Å². The van der Waals surface area contributed by atoms with Gasteiger partial charge >= 0.3 is 0 Å². The highest BCUT2D eigenvalue weighted by molar-refractivity contribution is 7.26. The van der Waals surface area contributed by atoms with Gasteiger partial charge in [0.05, 0.1) is 15.9 Å². The van der Waals surface area contributed by atoms with Gasteiger partial charge in [-0.15, -0.1) is 16.4 Å². The van der Waals surface area contributed by atoms with Gasteiger partial charge in [-0.2, -0.15) is 10.2 Å². The summed E-state index contributed by atoms with van der Waals surface area (Å²) in [5.74, 6) is 0.905. The summed E-state index contributed by atoms with van der Waals surface area (Å²) in [6.07, 6.45) is 0. The standard InChI is InChI=1S/C11H13N5S.C2H6/c1-4-12-10-9-8(14-15-10)7-5(2)6(3)13-16-11(7)17-9;1-2/h4H2,1-3H3,(H2,12,14,15);1-2H3. The van der Waals surface area contributed by atoms with Crippen molar-refractivity contribution in [3.8, 4) is 0 Å². The highest BCUT2D eigenvalue weighted by Crippen LogP contribution is 2.37. The molecule has 3 aromatic heterocycles. The van der Waals surface area contributed by atoms with E-state index in [0.29, 0.717) is 0 Å². The van der Waals surface area contributed by atoms with Gasteiger partial charge in [-0.25, -0.2) is 0 Å². The van der Waals surface area contributed by atoms with Crippen molar-refractivity contribution in [3.63, 3.8) is 0 Å². The highest BCUT2D eigenvalue weighted by Gasteiger charge is 2.16. The predicted molar refractivity (Wildman–Crippen MR) is 82.1 cm³/mol. The Labute approximate surface area is 116 Å². The topological polar surface area (TPSA) is 66.5 Å². The first-order valence-corrected chi connectivity index (χ1v) is 7.38. The number of hydrogen-bond acceptors (Lipinski definition) is 5. The minimum atomic E-state index is 0.859.